The number of esters is 1. The number of hydrogen-bond acceptors (Lipinski definition) is 9. The van der Waals surface area contributed by atoms with Gasteiger partial charge in [-0.3, -0.25) is 9.36 Å². The lowest BCUT2D eigenvalue weighted by molar-refractivity contribution is -0.151. The molecule has 0 atom stereocenters. The number of fused-ring (bicyclic) bond motifs is 1. The number of hydrogen-bond donors (Lipinski definition) is 0. The van der Waals surface area contributed by atoms with Crippen molar-refractivity contribution in [2.24, 2.45) is 0 Å². The number of benzene rings is 4. The second kappa shape index (κ2) is 12.6. The summed E-state index contributed by atoms with van der Waals surface area (Å²) < 4.78 is 42.3. The van der Waals surface area contributed by atoms with Gasteiger partial charge in [-0.1, -0.05) is 30.3 Å². The van der Waals surface area contributed by atoms with Crippen LogP contribution in [0.15, 0.2) is 95.9 Å². The molecule has 4 rings (SSSR count). The van der Waals surface area contributed by atoms with Gasteiger partial charge in [0.05, 0.1) is 21.3 Å². The normalized spacial score (nSPS) is 11.4. The molecule has 0 aliphatic carbocycles. The second-order valence-corrected chi connectivity index (χ2v) is 9.75. The maximum absolute atomic E-state index is 13.0. The fourth-order valence-electron chi connectivity index (χ4n) is 3.52. The number of carbonyl (C=O) groups is 1. The largest absolute Gasteiger partial charge is 0.497 e. The van der Waals surface area contributed by atoms with Crippen molar-refractivity contribution in [2.45, 2.75) is 10.5 Å². The monoisotopic (exact) mass is 551 g/mol. The third-order valence-corrected chi connectivity index (χ3v) is 7.33. The minimum atomic E-state index is -1.96. The molecule has 0 aliphatic heterocycles. The minimum Gasteiger partial charge on any atom is -0.497 e. The molecular formula is C28H26NO7PS. The highest BCUT2D eigenvalue weighted by molar-refractivity contribution is 7.97. The van der Waals surface area contributed by atoms with Crippen molar-refractivity contribution in [1.82, 2.24) is 4.31 Å². The summed E-state index contributed by atoms with van der Waals surface area (Å²) in [5, 5.41) is 2.07. The summed E-state index contributed by atoms with van der Waals surface area (Å²) in [6.07, 6.45) is 0. The molecule has 0 fully saturated rings. The highest BCUT2D eigenvalue weighted by Gasteiger charge is 2.46. The van der Waals surface area contributed by atoms with E-state index < -0.39 is 20.1 Å². The van der Waals surface area contributed by atoms with Crippen molar-refractivity contribution in [2.75, 3.05) is 27.9 Å². The molecule has 0 radical (unpaired) electrons. The summed E-state index contributed by atoms with van der Waals surface area (Å²) in [6.45, 7) is -0.296. The highest BCUT2D eigenvalue weighted by atomic mass is 32.2. The van der Waals surface area contributed by atoms with Gasteiger partial charge in [0.25, 0.3) is 8.46 Å². The van der Waals surface area contributed by atoms with Crippen molar-refractivity contribution in [3.63, 3.8) is 0 Å². The van der Waals surface area contributed by atoms with Crippen molar-refractivity contribution >= 4 is 37.1 Å². The second-order valence-electron chi connectivity index (χ2n) is 7.91. The molecule has 0 amide bonds. The lowest BCUT2D eigenvalue weighted by atomic mass is 10.1. The molecule has 0 saturated carbocycles. The van der Waals surface area contributed by atoms with Gasteiger partial charge in [-0.15, -0.1) is 4.31 Å². The van der Waals surface area contributed by atoms with Crippen LogP contribution in [-0.4, -0.2) is 43.8 Å². The summed E-state index contributed by atoms with van der Waals surface area (Å²) in [7, 11) is 3.83. The first kappa shape index (κ1) is 27.3. The predicted octanol–water partition coefficient (Wildman–Crippen LogP) is 6.40. The van der Waals surface area contributed by atoms with Gasteiger partial charge < -0.3 is 23.7 Å². The first-order valence-electron chi connectivity index (χ1n) is 11.5. The van der Waals surface area contributed by atoms with Crippen LogP contribution in [0.2, 0.25) is 0 Å². The summed E-state index contributed by atoms with van der Waals surface area (Å²) in [5.41, 5.74) is -1.96. The van der Waals surface area contributed by atoms with Crippen LogP contribution in [0, 0.1) is 0 Å². The van der Waals surface area contributed by atoms with E-state index in [2.05, 4.69) is 0 Å². The maximum Gasteiger partial charge on any atom is 0.410 e. The Morgan fingerprint density at radius 3 is 1.79 bits per heavy atom. The number of methoxy groups -OCH3 is 3. The summed E-state index contributed by atoms with van der Waals surface area (Å²) in [5.74, 6) is 1.36. The van der Waals surface area contributed by atoms with Gasteiger partial charge in [-0.25, -0.2) is 0 Å². The van der Waals surface area contributed by atoms with E-state index in [0.717, 1.165) is 27.6 Å². The molecule has 10 heteroatoms. The lowest BCUT2D eigenvalue weighted by Crippen LogP contribution is -2.52. The number of rotatable bonds is 12. The van der Waals surface area contributed by atoms with Crippen LogP contribution in [0.25, 0.3) is 10.8 Å². The molecule has 8 nitrogen and oxygen atoms in total. The van der Waals surface area contributed by atoms with Crippen LogP contribution in [-0.2, 0) is 14.1 Å². The first-order valence-corrected chi connectivity index (χ1v) is 13.1. The molecule has 0 unspecified atom stereocenters. The van der Waals surface area contributed by atoms with Crippen LogP contribution in [0.1, 0.15) is 0 Å². The highest BCUT2D eigenvalue weighted by Crippen LogP contribution is 2.41. The Balaban J connectivity index is 1.77. The Morgan fingerprint density at radius 2 is 1.29 bits per heavy atom. The number of ether oxygens (including phenoxy) is 5. The van der Waals surface area contributed by atoms with E-state index in [9.17, 15) is 9.36 Å². The smallest absolute Gasteiger partial charge is 0.410 e. The zero-order chi connectivity index (χ0) is 27.0. The van der Waals surface area contributed by atoms with Crippen LogP contribution >= 0.6 is 20.4 Å². The predicted molar refractivity (Wildman–Crippen MR) is 146 cm³/mol. The Bertz CT molecular complexity index is 1330. The van der Waals surface area contributed by atoms with E-state index >= 15 is 0 Å². The Labute approximate surface area is 226 Å². The molecular weight excluding hydrogens is 525 g/mol. The van der Waals surface area contributed by atoms with E-state index in [1.807, 2.05) is 42.5 Å². The zero-order valence-corrected chi connectivity index (χ0v) is 22.7. The average Bonchev–Trinajstić information content (AvgIpc) is 2.97. The topological polar surface area (TPSA) is 83.5 Å². The van der Waals surface area contributed by atoms with Crippen molar-refractivity contribution in [1.29, 1.82) is 0 Å². The minimum absolute atomic E-state index is 0.296. The molecule has 4 aromatic rings. The molecule has 0 heterocycles. The fraction of sp³-hybridized carbons (Fsp3) is 0.179. The molecule has 0 N–H and O–H groups in total. The molecule has 0 aliphatic rings. The van der Waals surface area contributed by atoms with Gasteiger partial charge in [0, 0.05) is 4.90 Å². The van der Waals surface area contributed by atoms with Crippen LogP contribution < -0.4 is 18.9 Å². The molecule has 0 bridgehead atoms. The molecule has 196 valence electrons. The van der Waals surface area contributed by atoms with Gasteiger partial charge in [-0.05, 0) is 83.4 Å². The van der Waals surface area contributed by atoms with E-state index in [4.69, 9.17) is 23.7 Å². The molecule has 4 aromatic carbocycles. The molecule has 0 aromatic heterocycles. The van der Waals surface area contributed by atoms with Crippen molar-refractivity contribution in [3.8, 4) is 23.0 Å². The number of carbonyl (C=O) groups excluding carboxylic acids is 1. The Kier molecular flexibility index (Phi) is 9.07. The van der Waals surface area contributed by atoms with Gasteiger partial charge in [-0.2, -0.15) is 0 Å². The summed E-state index contributed by atoms with van der Waals surface area (Å²) in [6, 6.07) is 27.2. The third kappa shape index (κ3) is 6.55. The van der Waals surface area contributed by atoms with Crippen LogP contribution in [0.3, 0.4) is 0 Å². The van der Waals surface area contributed by atoms with E-state index in [-0.39, 0.29) is 6.54 Å². The third-order valence-electron chi connectivity index (χ3n) is 5.49. The molecule has 0 spiro atoms. The van der Waals surface area contributed by atoms with E-state index in [1.54, 1.807) is 62.8 Å². The zero-order valence-electron chi connectivity index (χ0n) is 21.0. The van der Waals surface area contributed by atoms with Crippen molar-refractivity contribution < 1.29 is 33.0 Å². The standard InChI is InChI=1S/C28H26NO7PS/c1-32-22-9-13-24(14-10-22)35-28(37-31,36-25-15-11-23(33-2)12-16-25)29(19-27(30)34-3)38-26-17-8-20-6-4-5-7-21(20)18-26/h4-18H,19H2,1-3H3. The van der Waals surface area contributed by atoms with Gasteiger partial charge in [0.1, 0.15) is 29.5 Å². The van der Waals surface area contributed by atoms with Gasteiger partial charge >= 0.3 is 11.6 Å². The van der Waals surface area contributed by atoms with Crippen LogP contribution in [0.4, 0.5) is 0 Å². The van der Waals surface area contributed by atoms with Crippen molar-refractivity contribution in [3.05, 3.63) is 91.0 Å². The SMILES string of the molecule is COC(=O)CN(Sc1ccc2ccccc2c1)C(Oc1ccc(OC)cc1)(Oc1ccc(OC)cc1)P=O. The maximum atomic E-state index is 13.0. The van der Waals surface area contributed by atoms with Gasteiger partial charge in [0.15, 0.2) is 0 Å². The van der Waals surface area contributed by atoms with E-state index in [1.165, 1.54) is 11.4 Å². The van der Waals surface area contributed by atoms with E-state index in [0.29, 0.717) is 23.0 Å². The fourth-order valence-corrected chi connectivity index (χ4v) is 5.12. The quantitative estimate of drug-likeness (QED) is 0.0859. The summed E-state index contributed by atoms with van der Waals surface area (Å²) in [4.78, 5) is 13.3. The molecule has 0 saturated heterocycles. The summed E-state index contributed by atoms with van der Waals surface area (Å²) >= 11 is 1.16. The average molecular weight is 552 g/mol. The first-order chi connectivity index (χ1) is 18.5. The van der Waals surface area contributed by atoms with Gasteiger partial charge in [0.2, 0.25) is 0 Å². The lowest BCUT2D eigenvalue weighted by Gasteiger charge is -2.36. The molecule has 38 heavy (non-hydrogen) atoms. The Morgan fingerprint density at radius 1 is 0.763 bits per heavy atom. The number of nitrogens with zero attached hydrogens (tertiary/aromatic N) is 1. The Hall–Kier alpha value is -3.78. The van der Waals surface area contributed by atoms with Crippen LogP contribution in [0.5, 0.6) is 23.0 Å².